The predicted molar refractivity (Wildman–Crippen MR) is 97.2 cm³/mol. The van der Waals surface area contributed by atoms with Crippen LogP contribution in [-0.4, -0.2) is 12.2 Å². The lowest BCUT2D eigenvalue weighted by atomic mass is 9.95. The molecule has 4 heteroatoms. The predicted octanol–water partition coefficient (Wildman–Crippen LogP) is 4.72. The van der Waals surface area contributed by atoms with Gasteiger partial charge in [-0.15, -0.1) is 0 Å². The first-order valence-corrected chi connectivity index (χ1v) is 8.06. The summed E-state index contributed by atoms with van der Waals surface area (Å²) in [7, 11) is 1.62. The molecule has 25 heavy (non-hydrogen) atoms. The zero-order valence-corrected chi connectivity index (χ0v) is 13.9. The lowest BCUT2D eigenvalue weighted by Crippen LogP contribution is -2.19. The second-order valence-electron chi connectivity index (χ2n) is 5.76. The molecule has 0 aliphatic heterocycles. The van der Waals surface area contributed by atoms with Gasteiger partial charge >= 0.3 is 0 Å². The highest BCUT2D eigenvalue weighted by atomic mass is 19.1. The van der Waals surface area contributed by atoms with Crippen LogP contribution in [-0.2, 0) is 0 Å². The minimum absolute atomic E-state index is 0.324. The summed E-state index contributed by atoms with van der Waals surface area (Å²) in [4.78, 5) is 0. The maximum absolute atomic E-state index is 13.2. The van der Waals surface area contributed by atoms with E-state index in [1.165, 1.54) is 12.1 Å². The molecular formula is C21H20FNO2. The zero-order valence-electron chi connectivity index (χ0n) is 13.9. The average Bonchev–Trinajstić information content (AvgIpc) is 2.67. The number of ether oxygens (including phenoxy) is 1. The summed E-state index contributed by atoms with van der Waals surface area (Å²) < 4.78 is 18.4. The molecule has 0 aliphatic carbocycles. The molecule has 0 saturated heterocycles. The highest BCUT2D eigenvalue weighted by molar-refractivity contribution is 5.49. The van der Waals surface area contributed by atoms with Gasteiger partial charge in [-0.3, -0.25) is 0 Å². The Morgan fingerprint density at radius 3 is 2.08 bits per heavy atom. The van der Waals surface area contributed by atoms with Crippen LogP contribution in [0, 0.1) is 5.82 Å². The molecule has 0 bridgehead atoms. The summed E-state index contributed by atoms with van der Waals surface area (Å²) in [5.41, 5.74) is 2.45. The summed E-state index contributed by atoms with van der Waals surface area (Å²) in [6, 6.07) is 22.7. The molecular weight excluding hydrogens is 317 g/mol. The van der Waals surface area contributed by atoms with Gasteiger partial charge in [0.2, 0.25) is 0 Å². The number of aliphatic hydroxyl groups excluding tert-OH is 1. The van der Waals surface area contributed by atoms with Gasteiger partial charge in [0.25, 0.3) is 0 Å². The maximum atomic E-state index is 13.2. The van der Waals surface area contributed by atoms with Crippen molar-refractivity contribution in [2.24, 2.45) is 0 Å². The van der Waals surface area contributed by atoms with E-state index in [1.807, 2.05) is 54.6 Å². The SMILES string of the molecule is COc1ccc(NC(c2ccccc2)C(O)c2ccc(F)cc2)cc1. The van der Waals surface area contributed by atoms with Crippen LogP contribution in [0.2, 0.25) is 0 Å². The van der Waals surface area contributed by atoms with Crippen LogP contribution < -0.4 is 10.1 Å². The molecule has 3 nitrogen and oxygen atoms in total. The Morgan fingerprint density at radius 1 is 0.840 bits per heavy atom. The Balaban J connectivity index is 1.90. The monoisotopic (exact) mass is 337 g/mol. The van der Waals surface area contributed by atoms with Crippen LogP contribution in [0.25, 0.3) is 0 Å². The van der Waals surface area contributed by atoms with E-state index in [0.717, 1.165) is 17.0 Å². The standard InChI is InChI=1S/C21H20FNO2/c1-25-19-13-11-18(12-14-19)23-20(15-5-3-2-4-6-15)21(24)16-7-9-17(22)10-8-16/h2-14,20-21,23-24H,1H3. The number of methoxy groups -OCH3 is 1. The van der Waals surface area contributed by atoms with Crippen molar-refractivity contribution in [3.63, 3.8) is 0 Å². The molecule has 3 aromatic rings. The van der Waals surface area contributed by atoms with Crippen LogP contribution in [0.3, 0.4) is 0 Å². The quantitative estimate of drug-likeness (QED) is 0.684. The summed E-state index contributed by atoms with van der Waals surface area (Å²) in [6.45, 7) is 0. The normalized spacial score (nSPS) is 13.1. The number of anilines is 1. The topological polar surface area (TPSA) is 41.5 Å². The van der Waals surface area contributed by atoms with Crippen molar-refractivity contribution in [3.05, 3.63) is 95.8 Å². The summed E-state index contributed by atoms with van der Waals surface area (Å²) in [6.07, 6.45) is -0.829. The van der Waals surface area contributed by atoms with Gasteiger partial charge in [-0.05, 0) is 47.5 Å². The fraction of sp³-hybridized carbons (Fsp3) is 0.143. The number of hydrogen-bond donors (Lipinski definition) is 2. The minimum Gasteiger partial charge on any atom is -0.497 e. The molecule has 0 saturated carbocycles. The van der Waals surface area contributed by atoms with Crippen molar-refractivity contribution in [2.45, 2.75) is 12.1 Å². The first-order valence-electron chi connectivity index (χ1n) is 8.06. The first kappa shape index (κ1) is 17.0. The second-order valence-corrected chi connectivity index (χ2v) is 5.76. The van der Waals surface area contributed by atoms with Gasteiger partial charge in [-0.1, -0.05) is 42.5 Å². The second kappa shape index (κ2) is 7.81. The molecule has 2 N–H and O–H groups in total. The average molecular weight is 337 g/mol. The number of rotatable bonds is 6. The lowest BCUT2D eigenvalue weighted by molar-refractivity contribution is 0.155. The molecule has 3 aromatic carbocycles. The van der Waals surface area contributed by atoms with E-state index >= 15 is 0 Å². The minimum atomic E-state index is -0.829. The van der Waals surface area contributed by atoms with Crippen LogP contribution in [0.4, 0.5) is 10.1 Å². The molecule has 2 unspecified atom stereocenters. The van der Waals surface area contributed by atoms with Gasteiger partial charge in [0.1, 0.15) is 17.7 Å². The highest BCUT2D eigenvalue weighted by Gasteiger charge is 2.22. The van der Waals surface area contributed by atoms with E-state index < -0.39 is 6.10 Å². The summed E-state index contributed by atoms with van der Waals surface area (Å²) >= 11 is 0. The van der Waals surface area contributed by atoms with Gasteiger partial charge in [-0.2, -0.15) is 0 Å². The molecule has 0 radical (unpaired) electrons. The van der Waals surface area contributed by atoms with E-state index in [4.69, 9.17) is 4.74 Å². The highest BCUT2D eigenvalue weighted by Crippen LogP contribution is 2.32. The Morgan fingerprint density at radius 2 is 1.48 bits per heavy atom. The maximum Gasteiger partial charge on any atom is 0.123 e. The smallest absolute Gasteiger partial charge is 0.123 e. The van der Waals surface area contributed by atoms with Gasteiger partial charge in [0.05, 0.1) is 13.2 Å². The molecule has 0 fully saturated rings. The van der Waals surface area contributed by atoms with E-state index in [1.54, 1.807) is 19.2 Å². The van der Waals surface area contributed by atoms with Gasteiger partial charge in [-0.25, -0.2) is 4.39 Å². The molecule has 3 rings (SSSR count). The van der Waals surface area contributed by atoms with Crippen LogP contribution in [0.1, 0.15) is 23.3 Å². The molecule has 0 aromatic heterocycles. The number of halogens is 1. The molecule has 128 valence electrons. The summed E-state index contributed by atoms with van der Waals surface area (Å²) in [5.74, 6) is 0.441. The fourth-order valence-corrected chi connectivity index (χ4v) is 2.72. The van der Waals surface area contributed by atoms with Crippen LogP contribution >= 0.6 is 0 Å². The van der Waals surface area contributed by atoms with Gasteiger partial charge in [0, 0.05) is 5.69 Å². The van der Waals surface area contributed by atoms with Crippen molar-refractivity contribution in [1.29, 1.82) is 0 Å². The molecule has 0 spiro atoms. The number of nitrogens with one attached hydrogen (secondary N) is 1. The van der Waals surface area contributed by atoms with Crippen LogP contribution in [0.15, 0.2) is 78.9 Å². The van der Waals surface area contributed by atoms with Crippen molar-refractivity contribution < 1.29 is 14.2 Å². The fourth-order valence-electron chi connectivity index (χ4n) is 2.72. The van der Waals surface area contributed by atoms with E-state index in [0.29, 0.717) is 5.56 Å². The Bertz CT molecular complexity index is 788. The third-order valence-corrected chi connectivity index (χ3v) is 4.10. The number of benzene rings is 3. The number of hydrogen-bond acceptors (Lipinski definition) is 3. The molecule has 0 amide bonds. The van der Waals surface area contributed by atoms with E-state index in [2.05, 4.69) is 5.32 Å². The lowest BCUT2D eigenvalue weighted by Gasteiger charge is -2.26. The Kier molecular flexibility index (Phi) is 5.31. The van der Waals surface area contributed by atoms with Gasteiger partial charge < -0.3 is 15.2 Å². The van der Waals surface area contributed by atoms with E-state index in [9.17, 15) is 9.50 Å². The third-order valence-electron chi connectivity index (χ3n) is 4.10. The Labute approximate surface area is 146 Å². The number of aliphatic hydroxyl groups is 1. The van der Waals surface area contributed by atoms with E-state index in [-0.39, 0.29) is 11.9 Å². The van der Waals surface area contributed by atoms with Crippen molar-refractivity contribution in [2.75, 3.05) is 12.4 Å². The largest absolute Gasteiger partial charge is 0.497 e. The summed E-state index contributed by atoms with van der Waals surface area (Å²) in [5, 5.41) is 14.2. The zero-order chi connectivity index (χ0) is 17.6. The third kappa shape index (κ3) is 4.17. The molecule has 0 aliphatic rings. The molecule has 0 heterocycles. The first-order chi connectivity index (χ1) is 12.2. The molecule has 2 atom stereocenters. The van der Waals surface area contributed by atoms with Crippen molar-refractivity contribution >= 4 is 5.69 Å². The van der Waals surface area contributed by atoms with Crippen molar-refractivity contribution in [1.82, 2.24) is 0 Å². The van der Waals surface area contributed by atoms with Crippen molar-refractivity contribution in [3.8, 4) is 5.75 Å². The Hall–Kier alpha value is -2.85. The van der Waals surface area contributed by atoms with Gasteiger partial charge in [0.15, 0.2) is 0 Å². The van der Waals surface area contributed by atoms with Crippen LogP contribution in [0.5, 0.6) is 5.75 Å².